The van der Waals surface area contributed by atoms with Crippen LogP contribution < -0.4 is 0 Å². The highest BCUT2D eigenvalue weighted by molar-refractivity contribution is 6.12. The van der Waals surface area contributed by atoms with Crippen LogP contribution in [0.25, 0.3) is 101 Å². The lowest BCUT2D eigenvalue weighted by Gasteiger charge is -2.13. The zero-order valence-electron chi connectivity index (χ0n) is 29.8. The molecule has 0 radical (unpaired) electrons. The van der Waals surface area contributed by atoms with Gasteiger partial charge in [-0.3, -0.25) is 0 Å². The second-order valence-electron chi connectivity index (χ2n) is 13.6. The molecule has 0 aliphatic heterocycles. The van der Waals surface area contributed by atoms with Crippen LogP contribution in [0.2, 0.25) is 0 Å². The molecule has 55 heavy (non-hydrogen) atoms. The Hall–Kier alpha value is -7.43. The molecule has 258 valence electrons. The van der Waals surface area contributed by atoms with Crippen LogP contribution in [0.1, 0.15) is 0 Å². The molecule has 10 aromatic rings. The van der Waals surface area contributed by atoms with Crippen molar-refractivity contribution in [2.45, 2.75) is 0 Å². The first kappa shape index (κ1) is 32.2. The maximum absolute atomic E-state index is 6.46. The highest BCUT2D eigenvalue weighted by Crippen LogP contribution is 2.40. The Morgan fingerprint density at radius 2 is 0.709 bits per heavy atom. The zero-order valence-corrected chi connectivity index (χ0v) is 29.8. The predicted octanol–water partition coefficient (Wildman–Crippen LogP) is 13.4. The molecule has 10 rings (SSSR count). The number of hydrogen-bond acceptors (Lipinski definition) is 4. The third kappa shape index (κ3) is 6.16. The topological polar surface area (TPSA) is 51.8 Å². The van der Waals surface area contributed by atoms with Gasteiger partial charge in [0.1, 0.15) is 11.2 Å². The van der Waals surface area contributed by atoms with E-state index in [1.165, 1.54) is 27.8 Å². The van der Waals surface area contributed by atoms with Crippen molar-refractivity contribution in [2.75, 3.05) is 0 Å². The van der Waals surface area contributed by atoms with E-state index in [0.29, 0.717) is 17.5 Å². The average molecular weight is 704 g/mol. The summed E-state index contributed by atoms with van der Waals surface area (Å²) in [6.45, 7) is 0. The summed E-state index contributed by atoms with van der Waals surface area (Å²) in [5, 5.41) is 1.98. The van der Waals surface area contributed by atoms with Crippen molar-refractivity contribution < 1.29 is 4.42 Å². The van der Waals surface area contributed by atoms with Crippen molar-refractivity contribution in [1.29, 1.82) is 0 Å². The molecule has 0 saturated carbocycles. The number of benzene rings is 8. The third-order valence-corrected chi connectivity index (χ3v) is 10.2. The first-order valence-corrected chi connectivity index (χ1v) is 18.4. The van der Waals surface area contributed by atoms with E-state index in [9.17, 15) is 0 Å². The van der Waals surface area contributed by atoms with E-state index in [4.69, 9.17) is 19.4 Å². The van der Waals surface area contributed by atoms with Crippen LogP contribution in [0.4, 0.5) is 0 Å². The molecule has 0 aliphatic rings. The number of furan rings is 1. The molecule has 4 nitrogen and oxygen atoms in total. The van der Waals surface area contributed by atoms with Gasteiger partial charge in [-0.2, -0.15) is 0 Å². The van der Waals surface area contributed by atoms with Crippen molar-refractivity contribution in [1.82, 2.24) is 15.0 Å². The molecule has 8 aromatic carbocycles. The largest absolute Gasteiger partial charge is 0.456 e. The van der Waals surface area contributed by atoms with E-state index in [2.05, 4.69) is 127 Å². The standard InChI is InChI=1S/C51H33N3O/c1-4-15-34(16-5-1)37-21-12-23-40(31-37)42-25-10-11-26-43(42)41-24-13-22-38(32-41)39-29-30-46-45(33-39)48-44(27-14-28-47(48)55-46)51-53-49(35-17-6-2-7-18-35)52-50(54-51)36-19-8-3-9-20-36/h1-33H. The third-order valence-electron chi connectivity index (χ3n) is 10.2. The summed E-state index contributed by atoms with van der Waals surface area (Å²) < 4.78 is 6.46. The quantitative estimate of drug-likeness (QED) is 0.166. The molecule has 0 spiro atoms. The van der Waals surface area contributed by atoms with Gasteiger partial charge >= 0.3 is 0 Å². The fourth-order valence-electron chi connectivity index (χ4n) is 7.47. The second kappa shape index (κ2) is 13.8. The fraction of sp³-hybridized carbons (Fsp3) is 0. The lowest BCUT2D eigenvalue weighted by atomic mass is 9.91. The molecule has 2 aromatic heterocycles. The first-order chi connectivity index (χ1) is 27.2. The highest BCUT2D eigenvalue weighted by atomic mass is 16.3. The molecule has 2 heterocycles. The van der Waals surface area contributed by atoms with Gasteiger partial charge in [0, 0.05) is 27.5 Å². The number of hydrogen-bond donors (Lipinski definition) is 0. The van der Waals surface area contributed by atoms with Crippen LogP contribution in [-0.2, 0) is 0 Å². The van der Waals surface area contributed by atoms with Gasteiger partial charge in [-0.25, -0.2) is 15.0 Å². The molecular formula is C51H33N3O. The van der Waals surface area contributed by atoms with Crippen molar-refractivity contribution in [3.05, 3.63) is 200 Å². The Bertz CT molecular complexity index is 2910. The lowest BCUT2D eigenvalue weighted by Crippen LogP contribution is -2.00. The molecule has 0 amide bonds. The molecule has 4 heteroatoms. The van der Waals surface area contributed by atoms with Crippen LogP contribution in [0.5, 0.6) is 0 Å². The first-order valence-electron chi connectivity index (χ1n) is 18.4. The van der Waals surface area contributed by atoms with Crippen LogP contribution >= 0.6 is 0 Å². The number of aromatic nitrogens is 3. The van der Waals surface area contributed by atoms with Gasteiger partial charge in [0.2, 0.25) is 0 Å². The SMILES string of the molecule is c1ccc(-c2cccc(-c3ccccc3-c3cccc(-c4ccc5oc6cccc(-c7nc(-c8ccccc8)nc(-c8ccccc8)n7)c6c5c4)c3)c2)cc1. The molecule has 0 unspecified atom stereocenters. The fourth-order valence-corrected chi connectivity index (χ4v) is 7.47. The second-order valence-corrected chi connectivity index (χ2v) is 13.6. The Labute approximate surface area is 319 Å². The van der Waals surface area contributed by atoms with Gasteiger partial charge in [0.25, 0.3) is 0 Å². The van der Waals surface area contributed by atoms with Crippen LogP contribution in [0, 0.1) is 0 Å². The van der Waals surface area contributed by atoms with Gasteiger partial charge in [0.15, 0.2) is 17.5 Å². The van der Waals surface area contributed by atoms with Crippen LogP contribution in [-0.4, -0.2) is 15.0 Å². The van der Waals surface area contributed by atoms with E-state index >= 15 is 0 Å². The van der Waals surface area contributed by atoms with E-state index in [-0.39, 0.29) is 0 Å². The normalized spacial score (nSPS) is 11.3. The van der Waals surface area contributed by atoms with Gasteiger partial charge in [-0.1, -0.05) is 170 Å². The molecular weight excluding hydrogens is 671 g/mol. The number of nitrogens with zero attached hydrogens (tertiary/aromatic N) is 3. The molecule has 0 atom stereocenters. The van der Waals surface area contributed by atoms with E-state index in [0.717, 1.165) is 55.3 Å². The number of rotatable bonds is 7. The van der Waals surface area contributed by atoms with Crippen molar-refractivity contribution in [2.24, 2.45) is 0 Å². The molecule has 0 saturated heterocycles. The van der Waals surface area contributed by atoms with Crippen molar-refractivity contribution in [3.8, 4) is 78.7 Å². The molecule has 0 bridgehead atoms. The summed E-state index contributed by atoms with van der Waals surface area (Å²) in [5.41, 5.74) is 13.7. The smallest absolute Gasteiger partial charge is 0.164 e. The highest BCUT2D eigenvalue weighted by Gasteiger charge is 2.19. The predicted molar refractivity (Wildman–Crippen MR) is 225 cm³/mol. The molecule has 0 fully saturated rings. The summed E-state index contributed by atoms with van der Waals surface area (Å²) in [6, 6.07) is 69.5. The van der Waals surface area contributed by atoms with E-state index in [1.54, 1.807) is 0 Å². The van der Waals surface area contributed by atoms with Gasteiger partial charge in [0.05, 0.1) is 0 Å². The maximum atomic E-state index is 6.46. The summed E-state index contributed by atoms with van der Waals surface area (Å²) in [7, 11) is 0. The van der Waals surface area contributed by atoms with Gasteiger partial charge in [-0.15, -0.1) is 0 Å². The van der Waals surface area contributed by atoms with Gasteiger partial charge < -0.3 is 4.42 Å². The number of fused-ring (bicyclic) bond motifs is 3. The van der Waals surface area contributed by atoms with E-state index < -0.39 is 0 Å². The van der Waals surface area contributed by atoms with Crippen LogP contribution in [0.15, 0.2) is 205 Å². The van der Waals surface area contributed by atoms with Crippen molar-refractivity contribution >= 4 is 21.9 Å². The minimum absolute atomic E-state index is 0.598. The zero-order chi connectivity index (χ0) is 36.6. The summed E-state index contributed by atoms with van der Waals surface area (Å²) in [5.74, 6) is 1.85. The lowest BCUT2D eigenvalue weighted by molar-refractivity contribution is 0.669. The Morgan fingerprint density at radius 3 is 1.31 bits per heavy atom. The summed E-state index contributed by atoms with van der Waals surface area (Å²) >= 11 is 0. The molecule has 0 N–H and O–H groups in total. The summed E-state index contributed by atoms with van der Waals surface area (Å²) in [4.78, 5) is 15.0. The van der Waals surface area contributed by atoms with Crippen LogP contribution in [0.3, 0.4) is 0 Å². The Morgan fingerprint density at radius 1 is 0.273 bits per heavy atom. The van der Waals surface area contributed by atoms with Crippen molar-refractivity contribution in [3.63, 3.8) is 0 Å². The van der Waals surface area contributed by atoms with E-state index in [1.807, 2.05) is 72.8 Å². The average Bonchev–Trinajstić information content (AvgIpc) is 3.66. The van der Waals surface area contributed by atoms with Gasteiger partial charge in [-0.05, 0) is 74.8 Å². The minimum atomic E-state index is 0.598. The molecule has 0 aliphatic carbocycles. The monoisotopic (exact) mass is 703 g/mol. The summed E-state index contributed by atoms with van der Waals surface area (Å²) in [6.07, 6.45) is 0. The Balaban J connectivity index is 1.08. The maximum Gasteiger partial charge on any atom is 0.164 e. The minimum Gasteiger partial charge on any atom is -0.456 e. The Kier molecular flexibility index (Phi) is 8.12.